The first kappa shape index (κ1) is 20.7. The topological polar surface area (TPSA) is 89.2 Å². The van der Waals surface area contributed by atoms with Crippen molar-refractivity contribution in [3.63, 3.8) is 0 Å². The summed E-state index contributed by atoms with van der Waals surface area (Å²) in [4.78, 5) is 21.3. The highest BCUT2D eigenvalue weighted by atomic mass is 16.3. The Hall–Kier alpha value is -3.17. The Balaban J connectivity index is 1.16. The van der Waals surface area contributed by atoms with E-state index in [0.29, 0.717) is 31.9 Å². The van der Waals surface area contributed by atoms with Crippen LogP contribution in [0, 0.1) is 0 Å². The molecule has 0 unspecified atom stereocenters. The molecule has 0 atom stereocenters. The molecule has 1 N–H and O–H groups in total. The summed E-state index contributed by atoms with van der Waals surface area (Å²) in [5.41, 5.74) is 0.736. The van der Waals surface area contributed by atoms with Gasteiger partial charge in [-0.25, -0.2) is 0 Å². The number of piperazine rings is 2. The fourth-order valence-electron chi connectivity index (χ4n) is 4.38. The lowest BCUT2D eigenvalue weighted by molar-refractivity contribution is 0.0717. The predicted octanol–water partition coefficient (Wildman–Crippen LogP) is 1.30. The quantitative estimate of drug-likeness (QED) is 0.640. The number of carbonyl (C=O) groups excluding carboxylic acids is 1. The number of furan rings is 1. The molecule has 0 bridgehead atoms. The highest BCUT2D eigenvalue weighted by molar-refractivity contribution is 5.96. The third-order valence-electron chi connectivity index (χ3n) is 6.28. The molecule has 0 saturated carbocycles. The molecule has 2 fully saturated rings. The number of para-hydroxylation sites is 1. The van der Waals surface area contributed by atoms with Gasteiger partial charge in [0, 0.05) is 64.3 Å². The highest BCUT2D eigenvalue weighted by Gasteiger charge is 2.25. The number of fused-ring (bicyclic) bond motifs is 1. The summed E-state index contributed by atoms with van der Waals surface area (Å²) in [5.74, 6) is 2.05. The average molecular weight is 437 g/mol. The van der Waals surface area contributed by atoms with Gasteiger partial charge in [-0.15, -0.1) is 10.2 Å². The number of rotatable bonds is 5. The van der Waals surface area contributed by atoms with Gasteiger partial charge in [0.15, 0.2) is 17.4 Å². The summed E-state index contributed by atoms with van der Waals surface area (Å²) in [6, 6.07) is 13.5. The van der Waals surface area contributed by atoms with E-state index in [2.05, 4.69) is 24.9 Å². The monoisotopic (exact) mass is 436 g/mol. The van der Waals surface area contributed by atoms with E-state index in [1.165, 1.54) is 0 Å². The molecule has 4 heterocycles. The molecular weight excluding hydrogens is 408 g/mol. The fourth-order valence-corrected chi connectivity index (χ4v) is 4.38. The van der Waals surface area contributed by atoms with E-state index in [1.54, 1.807) is 0 Å². The number of nitrogens with zero attached hydrogens (tertiary/aromatic N) is 6. The average Bonchev–Trinajstić information content (AvgIpc) is 3.29. The minimum Gasteiger partial charge on any atom is -0.451 e. The number of hydrogen-bond donors (Lipinski definition) is 1. The smallest absolute Gasteiger partial charge is 0.289 e. The summed E-state index contributed by atoms with van der Waals surface area (Å²) < 4.78 is 5.74. The van der Waals surface area contributed by atoms with Crippen LogP contribution < -0.4 is 9.80 Å². The Labute approximate surface area is 186 Å². The maximum atomic E-state index is 12.9. The van der Waals surface area contributed by atoms with Gasteiger partial charge in [-0.05, 0) is 24.3 Å². The second-order valence-corrected chi connectivity index (χ2v) is 8.23. The van der Waals surface area contributed by atoms with Crippen molar-refractivity contribution in [1.82, 2.24) is 20.0 Å². The molecule has 2 saturated heterocycles. The molecule has 2 aromatic heterocycles. The number of anilines is 2. The minimum absolute atomic E-state index is 0.0670. The van der Waals surface area contributed by atoms with E-state index in [0.717, 1.165) is 55.3 Å². The fraction of sp³-hybridized carbons (Fsp3) is 0.435. The third-order valence-corrected chi connectivity index (χ3v) is 6.28. The third kappa shape index (κ3) is 4.26. The van der Waals surface area contributed by atoms with Crippen LogP contribution in [0.25, 0.3) is 11.0 Å². The van der Waals surface area contributed by atoms with Gasteiger partial charge in [-0.2, -0.15) is 0 Å². The zero-order chi connectivity index (χ0) is 21.9. The first-order valence-corrected chi connectivity index (χ1v) is 11.2. The lowest BCUT2D eigenvalue weighted by Gasteiger charge is -2.36. The molecule has 32 heavy (non-hydrogen) atoms. The predicted molar refractivity (Wildman–Crippen MR) is 122 cm³/mol. The standard InChI is InChI=1S/C23H28N6O3/c30-16-15-26-7-9-27(10-8-26)21-5-6-22(25-24-21)28-11-13-29(14-12-28)23(31)20-17-18-3-1-2-4-19(18)32-20/h1-6,17,30H,7-16H2. The van der Waals surface area contributed by atoms with Crippen molar-refractivity contribution >= 4 is 28.5 Å². The summed E-state index contributed by atoms with van der Waals surface area (Å²) in [6.07, 6.45) is 0. The molecule has 0 radical (unpaired) electrons. The van der Waals surface area contributed by atoms with E-state index >= 15 is 0 Å². The molecule has 9 heteroatoms. The Morgan fingerprint density at radius 1 is 0.875 bits per heavy atom. The first-order valence-electron chi connectivity index (χ1n) is 11.2. The molecular formula is C23H28N6O3. The molecule has 1 aromatic carbocycles. The summed E-state index contributed by atoms with van der Waals surface area (Å²) >= 11 is 0. The van der Waals surface area contributed by atoms with E-state index in [1.807, 2.05) is 47.4 Å². The number of amides is 1. The van der Waals surface area contributed by atoms with Crippen LogP contribution in [0.5, 0.6) is 0 Å². The maximum absolute atomic E-state index is 12.9. The Morgan fingerprint density at radius 2 is 1.50 bits per heavy atom. The van der Waals surface area contributed by atoms with Crippen LogP contribution in [0.2, 0.25) is 0 Å². The van der Waals surface area contributed by atoms with Crippen molar-refractivity contribution in [3.05, 3.63) is 48.2 Å². The van der Waals surface area contributed by atoms with Gasteiger partial charge in [-0.1, -0.05) is 18.2 Å². The number of β-amino-alcohol motifs (C(OH)–C–C–N with tert-alkyl or cyclic N) is 1. The number of aromatic nitrogens is 2. The second kappa shape index (κ2) is 9.13. The largest absolute Gasteiger partial charge is 0.451 e. The van der Waals surface area contributed by atoms with Crippen LogP contribution in [0.4, 0.5) is 11.6 Å². The van der Waals surface area contributed by atoms with Crippen LogP contribution in [0.15, 0.2) is 46.9 Å². The van der Waals surface area contributed by atoms with Gasteiger partial charge in [0.05, 0.1) is 6.61 Å². The molecule has 5 rings (SSSR count). The van der Waals surface area contributed by atoms with Gasteiger partial charge in [-0.3, -0.25) is 9.69 Å². The zero-order valence-electron chi connectivity index (χ0n) is 18.1. The molecule has 0 aliphatic carbocycles. The Bertz CT molecular complexity index is 1020. The van der Waals surface area contributed by atoms with Crippen molar-refractivity contribution in [2.45, 2.75) is 0 Å². The van der Waals surface area contributed by atoms with Crippen molar-refractivity contribution < 1.29 is 14.3 Å². The van der Waals surface area contributed by atoms with E-state index in [9.17, 15) is 4.79 Å². The number of aliphatic hydroxyl groups is 1. The summed E-state index contributed by atoms with van der Waals surface area (Å²) in [6.45, 7) is 7.19. The maximum Gasteiger partial charge on any atom is 0.289 e. The van der Waals surface area contributed by atoms with Crippen molar-refractivity contribution in [2.75, 3.05) is 75.3 Å². The van der Waals surface area contributed by atoms with Gasteiger partial charge >= 0.3 is 0 Å². The lowest BCUT2D eigenvalue weighted by Crippen LogP contribution is -2.49. The number of benzene rings is 1. The van der Waals surface area contributed by atoms with E-state index < -0.39 is 0 Å². The SMILES string of the molecule is O=C(c1cc2ccccc2o1)N1CCN(c2ccc(N3CCN(CCO)CC3)nn2)CC1. The molecule has 2 aliphatic heterocycles. The highest BCUT2D eigenvalue weighted by Crippen LogP contribution is 2.22. The Morgan fingerprint density at radius 3 is 2.09 bits per heavy atom. The first-order chi connectivity index (χ1) is 15.7. The minimum atomic E-state index is -0.0670. The molecule has 2 aliphatic rings. The van der Waals surface area contributed by atoms with Gasteiger partial charge in [0.1, 0.15) is 5.58 Å². The molecule has 9 nitrogen and oxygen atoms in total. The van der Waals surface area contributed by atoms with Crippen LogP contribution >= 0.6 is 0 Å². The van der Waals surface area contributed by atoms with Crippen LogP contribution in [0.3, 0.4) is 0 Å². The number of aliphatic hydroxyl groups excluding tert-OH is 1. The van der Waals surface area contributed by atoms with Crippen molar-refractivity contribution in [2.24, 2.45) is 0 Å². The van der Waals surface area contributed by atoms with Crippen molar-refractivity contribution in [1.29, 1.82) is 0 Å². The van der Waals surface area contributed by atoms with Crippen LogP contribution in [-0.4, -0.2) is 96.5 Å². The van der Waals surface area contributed by atoms with Crippen LogP contribution in [0.1, 0.15) is 10.6 Å². The van der Waals surface area contributed by atoms with Gasteiger partial charge < -0.3 is 24.2 Å². The summed E-state index contributed by atoms with van der Waals surface area (Å²) in [5, 5.41) is 18.9. The van der Waals surface area contributed by atoms with Gasteiger partial charge in [0.2, 0.25) is 0 Å². The zero-order valence-corrected chi connectivity index (χ0v) is 18.1. The molecule has 3 aromatic rings. The van der Waals surface area contributed by atoms with Crippen LogP contribution in [-0.2, 0) is 0 Å². The lowest BCUT2D eigenvalue weighted by atomic mass is 10.2. The van der Waals surface area contributed by atoms with E-state index in [-0.39, 0.29) is 12.5 Å². The Kier molecular flexibility index (Phi) is 5.91. The van der Waals surface area contributed by atoms with Gasteiger partial charge in [0.25, 0.3) is 5.91 Å². The molecule has 0 spiro atoms. The normalized spacial score (nSPS) is 17.8. The number of carbonyl (C=O) groups is 1. The number of hydrogen-bond acceptors (Lipinski definition) is 8. The van der Waals surface area contributed by atoms with E-state index in [4.69, 9.17) is 9.52 Å². The second-order valence-electron chi connectivity index (χ2n) is 8.23. The molecule has 1 amide bonds. The van der Waals surface area contributed by atoms with Crippen molar-refractivity contribution in [3.8, 4) is 0 Å². The molecule has 168 valence electrons. The summed E-state index contributed by atoms with van der Waals surface area (Å²) in [7, 11) is 0.